The van der Waals surface area contributed by atoms with Crippen molar-refractivity contribution in [2.75, 3.05) is 56.7 Å². The Morgan fingerprint density at radius 1 is 1.00 bits per heavy atom. The van der Waals surface area contributed by atoms with Crippen LogP contribution in [0.4, 0.5) is 26.4 Å². The van der Waals surface area contributed by atoms with Crippen molar-refractivity contribution in [1.82, 2.24) is 39.4 Å². The highest BCUT2D eigenvalue weighted by Crippen LogP contribution is 2.28. The number of morpholine rings is 1. The monoisotopic (exact) mass is 524 g/mol. The Morgan fingerprint density at radius 2 is 1.76 bits per heavy atom. The predicted molar refractivity (Wildman–Crippen MR) is 134 cm³/mol. The zero-order valence-electron chi connectivity index (χ0n) is 20.7. The normalized spacial score (nSPS) is 18.4. The van der Waals surface area contributed by atoms with Gasteiger partial charge in [0, 0.05) is 26.2 Å². The molecule has 0 bridgehead atoms. The van der Waals surface area contributed by atoms with Gasteiger partial charge in [-0.3, -0.25) is 4.57 Å². The molecule has 4 aromatic rings. The molecule has 12 nitrogen and oxygen atoms in total. The molecule has 2 saturated heterocycles. The van der Waals surface area contributed by atoms with Crippen molar-refractivity contribution in [3.8, 4) is 12.0 Å². The third kappa shape index (κ3) is 5.04. The minimum Gasteiger partial charge on any atom is -0.459 e. The van der Waals surface area contributed by atoms with Crippen LogP contribution in [0.3, 0.4) is 0 Å². The zero-order chi connectivity index (χ0) is 26.1. The number of hydrogen-bond acceptors (Lipinski definition) is 11. The molecule has 2 aliphatic rings. The summed E-state index contributed by atoms with van der Waals surface area (Å²) in [6, 6.07) is 7.16. The topological polar surface area (TPSA) is 119 Å². The molecule has 1 unspecified atom stereocenters. The lowest BCUT2D eigenvalue weighted by Crippen LogP contribution is -2.37. The number of alkyl halides is 2. The lowest BCUT2D eigenvalue weighted by Gasteiger charge is -2.27. The lowest BCUT2D eigenvalue weighted by molar-refractivity contribution is 0.122. The standard InChI is InChI=1S/C24H26F2N10O2/c1-34-7-6-16(14-34)38-24-27-12-15(13-28-24)29-21-31-22(35-8-10-37-11-9-35)33-23(32-21)36-18-5-3-2-4-17(18)30-20(36)19(25)26/h2-5,12-13,16,19H,6-11,14H2,1H3,(H,29,31,32,33). The molecule has 0 radical (unpaired) electrons. The Balaban J connectivity index is 1.34. The van der Waals surface area contributed by atoms with E-state index in [1.807, 2.05) is 11.9 Å². The van der Waals surface area contributed by atoms with Crippen molar-refractivity contribution in [3.63, 3.8) is 0 Å². The van der Waals surface area contributed by atoms with Crippen molar-refractivity contribution >= 4 is 28.6 Å². The summed E-state index contributed by atoms with van der Waals surface area (Å²) in [6.45, 7) is 3.92. The molecule has 1 N–H and O–H groups in total. The van der Waals surface area contributed by atoms with Crippen LogP contribution in [-0.4, -0.2) is 91.9 Å². The van der Waals surface area contributed by atoms with Crippen molar-refractivity contribution in [2.24, 2.45) is 0 Å². The van der Waals surface area contributed by atoms with Gasteiger partial charge in [0.1, 0.15) is 6.10 Å². The summed E-state index contributed by atoms with van der Waals surface area (Å²) in [7, 11) is 2.04. The van der Waals surface area contributed by atoms with E-state index in [0.717, 1.165) is 19.5 Å². The first-order valence-corrected chi connectivity index (χ1v) is 12.3. The highest BCUT2D eigenvalue weighted by molar-refractivity contribution is 5.77. The molecule has 0 spiro atoms. The Morgan fingerprint density at radius 3 is 2.50 bits per heavy atom. The number of para-hydroxylation sites is 2. The third-order valence-electron chi connectivity index (χ3n) is 6.39. The van der Waals surface area contributed by atoms with Crippen molar-refractivity contribution in [2.45, 2.75) is 19.0 Å². The Labute approximate surface area is 216 Å². The van der Waals surface area contributed by atoms with E-state index in [-0.39, 0.29) is 24.0 Å². The number of nitrogens with one attached hydrogen (secondary N) is 1. The van der Waals surface area contributed by atoms with Gasteiger partial charge in [0.15, 0.2) is 5.82 Å². The zero-order valence-corrected chi connectivity index (χ0v) is 20.7. The van der Waals surface area contributed by atoms with E-state index in [1.54, 1.807) is 36.7 Å². The number of fused-ring (bicyclic) bond motifs is 1. The Hall–Kier alpha value is -4.04. The van der Waals surface area contributed by atoms with Gasteiger partial charge in [-0.15, -0.1) is 0 Å². The first-order chi connectivity index (χ1) is 18.5. The van der Waals surface area contributed by atoms with E-state index in [4.69, 9.17) is 9.47 Å². The number of halogens is 2. The van der Waals surface area contributed by atoms with Crippen LogP contribution >= 0.6 is 0 Å². The van der Waals surface area contributed by atoms with Crippen LogP contribution < -0.4 is 15.0 Å². The molecule has 2 fully saturated rings. The van der Waals surface area contributed by atoms with E-state index in [9.17, 15) is 8.78 Å². The maximum absolute atomic E-state index is 14.0. The van der Waals surface area contributed by atoms with E-state index >= 15 is 0 Å². The molecule has 38 heavy (non-hydrogen) atoms. The lowest BCUT2D eigenvalue weighted by atomic mass is 10.3. The Kier molecular flexibility index (Phi) is 6.64. The molecule has 2 aliphatic heterocycles. The number of ether oxygens (including phenoxy) is 2. The van der Waals surface area contributed by atoms with Crippen molar-refractivity contribution in [1.29, 1.82) is 0 Å². The fraction of sp³-hybridized carbons (Fsp3) is 0.417. The number of rotatable bonds is 7. The van der Waals surface area contributed by atoms with Crippen LogP contribution in [0.1, 0.15) is 18.7 Å². The molecule has 0 saturated carbocycles. The number of benzene rings is 1. The quantitative estimate of drug-likeness (QED) is 0.384. The number of imidazole rings is 1. The average Bonchev–Trinajstić information content (AvgIpc) is 3.53. The first kappa shape index (κ1) is 24.3. The largest absolute Gasteiger partial charge is 0.459 e. The number of nitrogens with zero attached hydrogens (tertiary/aromatic N) is 9. The minimum absolute atomic E-state index is 0.0271. The van der Waals surface area contributed by atoms with Gasteiger partial charge in [0.2, 0.25) is 17.8 Å². The molecular formula is C24H26F2N10O2. The number of likely N-dealkylation sites (N-methyl/N-ethyl adjacent to an activating group) is 1. The van der Waals surface area contributed by atoms with Gasteiger partial charge in [-0.05, 0) is 25.6 Å². The van der Waals surface area contributed by atoms with E-state index in [0.29, 0.717) is 49.0 Å². The van der Waals surface area contributed by atoms with Crippen molar-refractivity contribution < 1.29 is 18.3 Å². The third-order valence-corrected chi connectivity index (χ3v) is 6.39. The van der Waals surface area contributed by atoms with Gasteiger partial charge in [-0.1, -0.05) is 12.1 Å². The fourth-order valence-electron chi connectivity index (χ4n) is 4.53. The van der Waals surface area contributed by atoms with E-state index in [2.05, 4.69) is 40.1 Å². The predicted octanol–water partition coefficient (Wildman–Crippen LogP) is 2.60. The molecule has 14 heteroatoms. The van der Waals surface area contributed by atoms with Crippen LogP contribution in [-0.2, 0) is 4.74 Å². The number of likely N-dealkylation sites (tertiary alicyclic amines) is 1. The van der Waals surface area contributed by atoms with Gasteiger partial charge >= 0.3 is 6.01 Å². The van der Waals surface area contributed by atoms with Gasteiger partial charge in [0.05, 0.1) is 42.3 Å². The van der Waals surface area contributed by atoms with Gasteiger partial charge in [0.25, 0.3) is 6.43 Å². The summed E-state index contributed by atoms with van der Waals surface area (Å²) in [5.74, 6) is 0.0760. The second-order valence-electron chi connectivity index (χ2n) is 9.12. The van der Waals surface area contributed by atoms with Gasteiger partial charge in [-0.2, -0.15) is 15.0 Å². The van der Waals surface area contributed by atoms with Crippen molar-refractivity contribution in [3.05, 3.63) is 42.5 Å². The SMILES string of the molecule is CN1CCC(Oc2ncc(Nc3nc(N4CCOCC4)nc(-n4c(C(F)F)nc5ccccc54)n3)cn2)C1. The van der Waals surface area contributed by atoms with Gasteiger partial charge < -0.3 is 24.6 Å². The molecule has 6 rings (SSSR count). The summed E-state index contributed by atoms with van der Waals surface area (Å²) in [5, 5.41) is 3.08. The summed E-state index contributed by atoms with van der Waals surface area (Å²) >= 11 is 0. The number of aromatic nitrogens is 7. The summed E-state index contributed by atoms with van der Waals surface area (Å²) < 4.78 is 40.6. The maximum Gasteiger partial charge on any atom is 0.316 e. The number of anilines is 3. The van der Waals surface area contributed by atoms with E-state index in [1.165, 1.54) is 4.57 Å². The minimum atomic E-state index is -2.83. The maximum atomic E-state index is 14.0. The first-order valence-electron chi connectivity index (χ1n) is 12.3. The molecular weight excluding hydrogens is 498 g/mol. The van der Waals surface area contributed by atoms with Crippen LogP contribution in [0.25, 0.3) is 17.0 Å². The van der Waals surface area contributed by atoms with Crippen LogP contribution in [0.5, 0.6) is 6.01 Å². The molecule has 3 aromatic heterocycles. The molecule has 0 aliphatic carbocycles. The molecule has 5 heterocycles. The molecule has 1 aromatic carbocycles. The average molecular weight is 525 g/mol. The van der Waals surface area contributed by atoms with E-state index < -0.39 is 12.2 Å². The molecule has 1 atom stereocenters. The fourth-order valence-corrected chi connectivity index (χ4v) is 4.53. The second-order valence-corrected chi connectivity index (χ2v) is 9.12. The smallest absolute Gasteiger partial charge is 0.316 e. The van der Waals surface area contributed by atoms with Crippen LogP contribution in [0.2, 0.25) is 0 Å². The summed E-state index contributed by atoms with van der Waals surface area (Å²) in [5.41, 5.74) is 1.40. The number of hydrogen-bond donors (Lipinski definition) is 1. The van der Waals surface area contributed by atoms with Gasteiger partial charge in [-0.25, -0.2) is 23.7 Å². The highest BCUT2D eigenvalue weighted by atomic mass is 19.3. The second kappa shape index (κ2) is 10.4. The summed E-state index contributed by atoms with van der Waals surface area (Å²) in [4.78, 5) is 30.4. The summed E-state index contributed by atoms with van der Waals surface area (Å²) in [6.07, 6.45) is 1.27. The molecule has 0 amide bonds. The van der Waals surface area contributed by atoms with Crippen LogP contribution in [0, 0.1) is 0 Å². The Bertz CT molecular complexity index is 1410. The van der Waals surface area contributed by atoms with Crippen LogP contribution in [0.15, 0.2) is 36.7 Å². The molecule has 198 valence electrons. The highest BCUT2D eigenvalue weighted by Gasteiger charge is 2.25.